The molecule has 2 aromatic heterocycles. The number of unbranched alkanes of at least 4 members (excludes halogenated alkanes) is 1. The molecule has 22 heteroatoms. The Morgan fingerprint density at radius 1 is 0.839 bits per heavy atom. The zero-order valence-corrected chi connectivity index (χ0v) is 42.0. The Labute approximate surface area is 447 Å². The number of aromatic nitrogens is 3. The van der Waals surface area contributed by atoms with Crippen LogP contribution in [-0.2, 0) is 25.0 Å². The largest absolute Gasteiger partial charge is 1.00 e. The minimum atomic E-state index is -4.86. The minimum Gasteiger partial charge on any atom is -0.748 e. The molecule has 306 valence electrons. The van der Waals surface area contributed by atoms with Gasteiger partial charge in [0.15, 0.2) is 11.6 Å². The van der Waals surface area contributed by atoms with Crippen molar-refractivity contribution in [2.45, 2.75) is 24.7 Å². The first-order valence-corrected chi connectivity index (χ1v) is 21.2. The van der Waals surface area contributed by atoms with Gasteiger partial charge in [0.1, 0.15) is 33.1 Å². The maximum Gasteiger partial charge on any atom is 1.00 e. The smallest absolute Gasteiger partial charge is 0.748 e. The minimum absolute atomic E-state index is 0. The van der Waals surface area contributed by atoms with E-state index in [0.29, 0.717) is 28.4 Å². The molecule has 6 rings (SSSR count). The van der Waals surface area contributed by atoms with Crippen molar-refractivity contribution in [1.82, 2.24) is 14.8 Å². The van der Waals surface area contributed by atoms with Crippen molar-refractivity contribution in [3.05, 3.63) is 132 Å². The molecule has 0 aliphatic rings. The Balaban J connectivity index is 0.00000422. The molecule has 6 aromatic rings. The van der Waals surface area contributed by atoms with Crippen LogP contribution < -0.4 is 118 Å². The number of carbonyl (C=O) groups is 2. The molecule has 0 fully saturated rings. The monoisotopic (exact) mass is 943 g/mol. The third kappa shape index (κ3) is 13.5. The zero-order valence-electron chi connectivity index (χ0n) is 33.4. The van der Waals surface area contributed by atoms with E-state index >= 15 is 0 Å². The molecule has 0 saturated carbocycles. The molecule has 0 aliphatic heterocycles. The molecule has 2 N–H and O–H groups in total. The molecule has 17 nitrogen and oxygen atoms in total. The maximum absolute atomic E-state index is 13.4. The number of carbonyl (C=O) groups excluding carboxylic acids is 2. The van der Waals surface area contributed by atoms with Crippen molar-refractivity contribution < 1.29 is 138 Å². The van der Waals surface area contributed by atoms with Crippen LogP contribution in [0, 0.1) is 11.3 Å². The Hall–Kier alpha value is -3.55. The summed E-state index contributed by atoms with van der Waals surface area (Å²) in [5.74, 6) is -1.87. The van der Waals surface area contributed by atoms with E-state index in [-0.39, 0.29) is 161 Å². The molecule has 62 heavy (non-hydrogen) atoms. The number of halogens is 1. The molecule has 2 heterocycles. The second-order valence-corrected chi connectivity index (χ2v) is 16.3. The van der Waals surface area contributed by atoms with E-state index in [4.69, 9.17) is 11.6 Å². The van der Waals surface area contributed by atoms with Gasteiger partial charge in [0, 0.05) is 52.9 Å². The molecular weight excluding hydrogens is 912 g/mol. The van der Waals surface area contributed by atoms with Gasteiger partial charge < -0.3 is 24.6 Å². The number of azo groups is 1. The number of nitriles is 1. The van der Waals surface area contributed by atoms with E-state index in [2.05, 4.69) is 37.0 Å². The topological polar surface area (TPSA) is 255 Å². The van der Waals surface area contributed by atoms with Crippen LogP contribution in [0.1, 0.15) is 35.7 Å². The van der Waals surface area contributed by atoms with Crippen LogP contribution in [0.15, 0.2) is 131 Å². The van der Waals surface area contributed by atoms with Crippen LogP contribution in [0.4, 0.5) is 34.3 Å². The van der Waals surface area contributed by atoms with Crippen molar-refractivity contribution in [3.8, 4) is 23.1 Å². The van der Waals surface area contributed by atoms with E-state index in [1.807, 2.05) is 4.90 Å². The van der Waals surface area contributed by atoms with E-state index in [9.17, 15) is 40.8 Å². The molecule has 2 amide bonds. The number of nitrogens with one attached hydrogen (secondary N) is 2. The molecule has 0 saturated heterocycles. The number of nitrogens with zero attached hydrogens (tertiary/aromatic N) is 7. The summed E-state index contributed by atoms with van der Waals surface area (Å²) in [4.78, 5) is 31.6. The first-order chi connectivity index (χ1) is 28.6. The first-order valence-electron chi connectivity index (χ1n) is 17.8. The van der Waals surface area contributed by atoms with E-state index in [1.165, 1.54) is 42.1 Å². The summed E-state index contributed by atoms with van der Waals surface area (Å²) in [5.41, 5.74) is 2.27. The number of hydrogen-bond donors (Lipinski definition) is 2. The van der Waals surface area contributed by atoms with Crippen LogP contribution in [-0.4, -0.2) is 64.8 Å². The van der Waals surface area contributed by atoms with Gasteiger partial charge in [-0.1, -0.05) is 48.0 Å². The Morgan fingerprint density at radius 2 is 1.55 bits per heavy atom. The first kappa shape index (κ1) is 51.1. The van der Waals surface area contributed by atoms with Crippen LogP contribution in [0.3, 0.4) is 0 Å². The number of benzene rings is 4. The Morgan fingerprint density at radius 3 is 2.21 bits per heavy atom. The van der Waals surface area contributed by atoms with Gasteiger partial charge in [0.05, 0.1) is 26.4 Å². The summed E-state index contributed by atoms with van der Waals surface area (Å²) >= 11 is 6.14. The normalized spacial score (nSPS) is 11.2. The summed E-state index contributed by atoms with van der Waals surface area (Å²) in [6.45, 7) is 1.59. The van der Waals surface area contributed by atoms with Gasteiger partial charge in [-0.05, 0) is 85.6 Å². The second-order valence-electron chi connectivity index (χ2n) is 12.9. The summed E-state index contributed by atoms with van der Waals surface area (Å²) in [6.07, 6.45) is 1.85. The van der Waals surface area contributed by atoms with Gasteiger partial charge in [-0.25, -0.2) is 21.8 Å². The number of rotatable bonds is 15. The molecule has 0 bridgehead atoms. The predicted octanol–water partition coefficient (Wildman–Crippen LogP) is 1.46. The maximum atomic E-state index is 13.4. The van der Waals surface area contributed by atoms with E-state index in [0.717, 1.165) is 12.1 Å². The van der Waals surface area contributed by atoms with Gasteiger partial charge in [-0.3, -0.25) is 9.59 Å². The summed E-state index contributed by atoms with van der Waals surface area (Å²) in [5, 5.41) is 30.0. The molecule has 4 aromatic carbocycles. The molecular formula is C40H32ClK2N9O8S2. The fourth-order valence-electron chi connectivity index (χ4n) is 5.95. The van der Waals surface area contributed by atoms with Crippen LogP contribution in [0.2, 0.25) is 5.02 Å². The van der Waals surface area contributed by atoms with Crippen molar-refractivity contribution in [3.63, 3.8) is 0 Å². The van der Waals surface area contributed by atoms with Crippen molar-refractivity contribution in [1.29, 1.82) is 5.26 Å². The SMILES string of the molecule is CC(=O)Nc1cc(N(CCCCS(=O)(=O)[O-])c2ccc(Cl)cc2)ccc1N=Nc1c(C#N)c(-c2ccccc2)nn1-c1ncccc1NC(=O)c1cccc(S(=O)(=O)[O-])c1.[K+].[K+]. The average molecular weight is 945 g/mol. The van der Waals surface area contributed by atoms with E-state index in [1.54, 1.807) is 72.8 Å². The molecule has 0 unspecified atom stereocenters. The summed E-state index contributed by atoms with van der Waals surface area (Å²) in [6, 6.07) is 30.3. The van der Waals surface area contributed by atoms with E-state index < -0.39 is 42.7 Å². The molecule has 0 radical (unpaired) electrons. The quantitative estimate of drug-likeness (QED) is 0.0643. The zero-order chi connectivity index (χ0) is 43.0. The number of hydrogen-bond acceptors (Lipinski definition) is 14. The number of pyridine rings is 1. The molecule has 0 aliphatic carbocycles. The van der Waals surface area contributed by atoms with Gasteiger partial charge in [0.25, 0.3) is 5.91 Å². The van der Waals surface area contributed by atoms with Crippen LogP contribution in [0.5, 0.6) is 0 Å². The number of amides is 2. The summed E-state index contributed by atoms with van der Waals surface area (Å²) < 4.78 is 69.9. The van der Waals surface area contributed by atoms with Gasteiger partial charge in [-0.2, -0.15) is 15.0 Å². The Bertz CT molecular complexity index is 2880. The summed E-state index contributed by atoms with van der Waals surface area (Å²) in [7, 11) is -9.27. The third-order valence-electron chi connectivity index (χ3n) is 8.66. The van der Waals surface area contributed by atoms with Crippen LogP contribution in [0.25, 0.3) is 17.1 Å². The van der Waals surface area contributed by atoms with Crippen molar-refractivity contribution in [2.24, 2.45) is 10.2 Å². The van der Waals surface area contributed by atoms with Crippen LogP contribution >= 0.6 is 11.6 Å². The predicted molar refractivity (Wildman–Crippen MR) is 221 cm³/mol. The molecule has 0 spiro atoms. The standard InChI is InChI=1S/C40H34ClN9O8S2.2K/c1-26(51)44-36-24-31(49(21-5-6-22-59(53,54)55)30-16-14-29(41)15-17-30)18-19-34(36)46-47-38-33(25-42)37(27-9-3-2-4-10-27)48-50(38)39-35(13-8-20-43-39)45-40(52)28-11-7-12-32(23-28)60(56,57)58;;/h2-4,7-20,23-24H,5-6,21-22H2,1H3,(H,44,51)(H,45,52)(H,53,54,55)(H,56,57,58);;/q;2*+1/p-2. The van der Waals surface area contributed by atoms with Crippen molar-refractivity contribution >= 4 is 77.9 Å². The van der Waals surface area contributed by atoms with Gasteiger partial charge >= 0.3 is 103 Å². The van der Waals surface area contributed by atoms with Gasteiger partial charge in [-0.15, -0.1) is 10.2 Å². The number of anilines is 4. The average Bonchev–Trinajstić information content (AvgIpc) is 3.58. The molecule has 0 atom stereocenters. The fraction of sp³-hybridized carbons (Fsp3) is 0.125. The van der Waals surface area contributed by atoms with Crippen molar-refractivity contribution in [2.75, 3.05) is 27.8 Å². The fourth-order valence-corrected chi connectivity index (χ4v) is 7.15. The Kier molecular flexibility index (Phi) is 18.9. The van der Waals surface area contributed by atoms with Gasteiger partial charge in [0.2, 0.25) is 5.91 Å². The second kappa shape index (κ2) is 22.9. The third-order valence-corrected chi connectivity index (χ3v) is 10.5.